The van der Waals surface area contributed by atoms with Gasteiger partial charge >= 0.3 is 0 Å². The number of carbonyl (C=O) groups excluding carboxylic acids is 2. The number of benzene rings is 2. The van der Waals surface area contributed by atoms with Crippen LogP contribution in [-0.4, -0.2) is 36.5 Å². The number of hydrogen-bond acceptors (Lipinski definition) is 7. The SMILES string of the molecule is CCC(C)NC(=O)c1ccccc1NS(=O)(=O)c1nnc(NC(=O)c2ccccc2C)s1. The lowest BCUT2D eigenvalue weighted by molar-refractivity contribution is 0.0939. The summed E-state index contributed by atoms with van der Waals surface area (Å²) in [6.45, 7) is 5.59. The standard InChI is InChI=1S/C21H23N5O4S2/c1-4-14(3)22-19(28)16-11-7-8-12-17(16)26-32(29,30)21-25-24-20(31-21)23-18(27)15-10-6-5-9-13(15)2/h5-12,14,26H,4H2,1-3H3,(H,22,28)(H,23,24,27). The molecule has 1 aromatic heterocycles. The van der Waals surface area contributed by atoms with Crippen LogP contribution in [-0.2, 0) is 10.0 Å². The van der Waals surface area contributed by atoms with E-state index in [9.17, 15) is 18.0 Å². The van der Waals surface area contributed by atoms with Gasteiger partial charge in [0.25, 0.3) is 26.2 Å². The maximum absolute atomic E-state index is 12.8. The number of sulfonamides is 1. The summed E-state index contributed by atoms with van der Waals surface area (Å²) in [5, 5.41) is 12.9. The predicted molar refractivity (Wildman–Crippen MR) is 124 cm³/mol. The van der Waals surface area contributed by atoms with Crippen molar-refractivity contribution in [2.45, 2.75) is 37.6 Å². The Morgan fingerprint density at radius 1 is 1.00 bits per heavy atom. The summed E-state index contributed by atoms with van der Waals surface area (Å²) >= 11 is 0.711. The quantitative estimate of drug-likeness (QED) is 0.430. The smallest absolute Gasteiger partial charge is 0.291 e. The molecule has 2 amide bonds. The van der Waals surface area contributed by atoms with Crippen molar-refractivity contribution in [3.63, 3.8) is 0 Å². The van der Waals surface area contributed by atoms with Crippen LogP contribution in [0.25, 0.3) is 0 Å². The number of para-hydroxylation sites is 1. The van der Waals surface area contributed by atoms with E-state index < -0.39 is 15.9 Å². The van der Waals surface area contributed by atoms with Gasteiger partial charge in [0.05, 0.1) is 11.3 Å². The first-order valence-electron chi connectivity index (χ1n) is 9.84. The fraction of sp³-hybridized carbons (Fsp3) is 0.238. The largest absolute Gasteiger partial charge is 0.350 e. The maximum atomic E-state index is 12.8. The maximum Gasteiger partial charge on any atom is 0.291 e. The molecule has 11 heteroatoms. The molecular weight excluding hydrogens is 450 g/mol. The predicted octanol–water partition coefficient (Wildman–Crippen LogP) is 3.43. The van der Waals surface area contributed by atoms with Crippen molar-refractivity contribution < 1.29 is 18.0 Å². The van der Waals surface area contributed by atoms with Crippen LogP contribution in [0.5, 0.6) is 0 Å². The minimum Gasteiger partial charge on any atom is -0.350 e. The van der Waals surface area contributed by atoms with E-state index >= 15 is 0 Å². The number of anilines is 2. The highest BCUT2D eigenvalue weighted by atomic mass is 32.2. The highest BCUT2D eigenvalue weighted by molar-refractivity contribution is 7.94. The third-order valence-corrected chi connectivity index (χ3v) is 7.22. The molecule has 1 unspecified atom stereocenters. The van der Waals surface area contributed by atoms with Crippen LogP contribution in [0.4, 0.5) is 10.8 Å². The third kappa shape index (κ3) is 5.48. The van der Waals surface area contributed by atoms with E-state index in [1.54, 1.807) is 37.3 Å². The second-order valence-electron chi connectivity index (χ2n) is 7.08. The Morgan fingerprint density at radius 2 is 1.66 bits per heavy atom. The lowest BCUT2D eigenvalue weighted by Gasteiger charge is -2.14. The summed E-state index contributed by atoms with van der Waals surface area (Å²) in [4.78, 5) is 25.0. The molecule has 0 radical (unpaired) electrons. The molecule has 168 valence electrons. The summed E-state index contributed by atoms with van der Waals surface area (Å²) in [6, 6.07) is 13.2. The van der Waals surface area contributed by atoms with Crippen molar-refractivity contribution in [2.75, 3.05) is 10.0 Å². The van der Waals surface area contributed by atoms with Crippen LogP contribution in [0.1, 0.15) is 46.5 Å². The van der Waals surface area contributed by atoms with E-state index in [1.165, 1.54) is 12.1 Å². The third-order valence-electron chi connectivity index (χ3n) is 4.65. The molecule has 0 aliphatic rings. The van der Waals surface area contributed by atoms with Gasteiger partial charge in [0.2, 0.25) is 5.13 Å². The summed E-state index contributed by atoms with van der Waals surface area (Å²) in [5.74, 6) is -0.802. The Labute approximate surface area is 190 Å². The summed E-state index contributed by atoms with van der Waals surface area (Å²) in [7, 11) is -4.13. The Hall–Kier alpha value is -3.31. The van der Waals surface area contributed by atoms with Gasteiger partial charge in [0, 0.05) is 11.6 Å². The van der Waals surface area contributed by atoms with Crippen molar-refractivity contribution in [1.82, 2.24) is 15.5 Å². The Bertz CT molecular complexity index is 1240. The Kier molecular flexibility index (Phi) is 7.21. The number of rotatable bonds is 8. The van der Waals surface area contributed by atoms with Gasteiger partial charge in [0.1, 0.15) is 0 Å². The zero-order valence-electron chi connectivity index (χ0n) is 17.7. The summed E-state index contributed by atoms with van der Waals surface area (Å²) in [6.07, 6.45) is 0.738. The van der Waals surface area contributed by atoms with E-state index in [0.717, 1.165) is 12.0 Å². The number of aromatic nitrogens is 2. The molecule has 9 nitrogen and oxygen atoms in total. The average Bonchev–Trinajstić information content (AvgIpc) is 3.23. The van der Waals surface area contributed by atoms with Crippen LogP contribution in [0.3, 0.4) is 0 Å². The van der Waals surface area contributed by atoms with Gasteiger partial charge in [-0.15, -0.1) is 10.2 Å². The van der Waals surface area contributed by atoms with Crippen molar-refractivity contribution >= 4 is 44.0 Å². The molecule has 0 spiro atoms. The first-order chi connectivity index (χ1) is 15.2. The molecule has 0 aliphatic heterocycles. The number of carbonyl (C=O) groups is 2. The van der Waals surface area contributed by atoms with Gasteiger partial charge in [-0.3, -0.25) is 19.6 Å². The molecule has 1 heterocycles. The molecule has 1 atom stereocenters. The molecule has 3 N–H and O–H groups in total. The second kappa shape index (κ2) is 9.88. The molecule has 0 bridgehead atoms. The van der Waals surface area contributed by atoms with Crippen LogP contribution < -0.4 is 15.4 Å². The Morgan fingerprint density at radius 3 is 2.34 bits per heavy atom. The minimum absolute atomic E-state index is 0.0430. The number of nitrogens with zero attached hydrogens (tertiary/aromatic N) is 2. The molecular formula is C21H23N5O4S2. The molecule has 0 saturated carbocycles. The fourth-order valence-corrected chi connectivity index (χ4v) is 4.70. The van der Waals surface area contributed by atoms with Crippen molar-refractivity contribution in [3.8, 4) is 0 Å². The van der Waals surface area contributed by atoms with E-state index in [0.29, 0.717) is 16.9 Å². The zero-order chi connectivity index (χ0) is 23.3. The fourth-order valence-electron chi connectivity index (χ4n) is 2.72. The minimum atomic E-state index is -4.13. The van der Waals surface area contributed by atoms with Crippen LogP contribution in [0.2, 0.25) is 0 Å². The van der Waals surface area contributed by atoms with Gasteiger partial charge in [-0.25, -0.2) is 0 Å². The average molecular weight is 474 g/mol. The van der Waals surface area contributed by atoms with Crippen molar-refractivity contribution in [3.05, 3.63) is 65.2 Å². The second-order valence-corrected chi connectivity index (χ2v) is 9.91. The lowest BCUT2D eigenvalue weighted by atomic mass is 10.1. The Balaban J connectivity index is 1.78. The van der Waals surface area contributed by atoms with E-state index in [2.05, 4.69) is 25.6 Å². The molecule has 3 aromatic rings. The number of hydrogen-bond donors (Lipinski definition) is 3. The van der Waals surface area contributed by atoms with Gasteiger partial charge < -0.3 is 5.32 Å². The summed E-state index contributed by atoms with van der Waals surface area (Å²) in [5.41, 5.74) is 1.53. The van der Waals surface area contributed by atoms with Crippen LogP contribution in [0.15, 0.2) is 52.9 Å². The van der Waals surface area contributed by atoms with Gasteiger partial charge in [-0.2, -0.15) is 8.42 Å². The normalized spacial score (nSPS) is 12.1. The highest BCUT2D eigenvalue weighted by Crippen LogP contribution is 2.25. The molecule has 0 aliphatic carbocycles. The van der Waals surface area contributed by atoms with E-state index in [4.69, 9.17) is 0 Å². The van der Waals surface area contributed by atoms with Gasteiger partial charge in [-0.05, 0) is 44.0 Å². The van der Waals surface area contributed by atoms with Gasteiger partial charge in [0.15, 0.2) is 0 Å². The molecule has 0 saturated heterocycles. The first-order valence-corrected chi connectivity index (χ1v) is 12.1. The molecule has 32 heavy (non-hydrogen) atoms. The monoisotopic (exact) mass is 473 g/mol. The molecule has 3 rings (SSSR count). The number of nitrogens with one attached hydrogen (secondary N) is 3. The molecule has 0 fully saturated rings. The highest BCUT2D eigenvalue weighted by Gasteiger charge is 2.24. The first kappa shape index (κ1) is 23.4. The van der Waals surface area contributed by atoms with E-state index in [1.807, 2.05) is 19.9 Å². The zero-order valence-corrected chi connectivity index (χ0v) is 19.4. The lowest BCUT2D eigenvalue weighted by Crippen LogP contribution is -2.32. The number of amides is 2. The van der Waals surface area contributed by atoms with E-state index in [-0.39, 0.29) is 32.7 Å². The summed E-state index contributed by atoms with van der Waals surface area (Å²) < 4.78 is 27.7. The van der Waals surface area contributed by atoms with Crippen molar-refractivity contribution in [1.29, 1.82) is 0 Å². The number of aryl methyl sites for hydroxylation is 1. The molecule has 2 aromatic carbocycles. The van der Waals surface area contributed by atoms with Crippen molar-refractivity contribution in [2.24, 2.45) is 0 Å². The topological polar surface area (TPSA) is 130 Å². The van der Waals surface area contributed by atoms with Crippen LogP contribution >= 0.6 is 11.3 Å². The van der Waals surface area contributed by atoms with Gasteiger partial charge in [-0.1, -0.05) is 48.6 Å². The van der Waals surface area contributed by atoms with Crippen LogP contribution in [0, 0.1) is 6.92 Å².